The van der Waals surface area contributed by atoms with Crippen LogP contribution in [-0.4, -0.2) is 55.9 Å². The van der Waals surface area contributed by atoms with Gasteiger partial charge in [0.25, 0.3) is 0 Å². The first-order valence-corrected chi connectivity index (χ1v) is 13.5. The molecule has 0 bridgehead atoms. The van der Waals surface area contributed by atoms with Crippen LogP contribution in [0.5, 0.6) is 0 Å². The maximum absolute atomic E-state index is 12.9. The molecule has 0 aromatic heterocycles. The summed E-state index contributed by atoms with van der Waals surface area (Å²) < 4.78 is 30.6. The Morgan fingerprint density at radius 3 is 2.06 bits per heavy atom. The quantitative estimate of drug-likeness (QED) is 0.428. The summed E-state index contributed by atoms with van der Waals surface area (Å²) in [6.45, 7) is 0.370. The number of aliphatic hydroxyl groups is 1. The van der Waals surface area contributed by atoms with Gasteiger partial charge in [-0.15, -0.1) is 0 Å². The summed E-state index contributed by atoms with van der Waals surface area (Å²) in [4.78, 5) is 13.8. The predicted molar refractivity (Wildman–Crippen MR) is 137 cm³/mol. The number of benzene rings is 3. The van der Waals surface area contributed by atoms with E-state index in [2.05, 4.69) is 0 Å². The topological polar surface area (TPSA) is 83.9 Å². The van der Waals surface area contributed by atoms with Crippen molar-refractivity contribution in [1.29, 1.82) is 0 Å². The molecule has 0 amide bonds. The molecule has 0 aliphatic carbocycles. The lowest BCUT2D eigenvalue weighted by atomic mass is 9.88. The lowest BCUT2D eigenvalue weighted by Crippen LogP contribution is -2.65. The number of nitrogens with zero attached hydrogens (tertiary/aromatic N) is 1. The van der Waals surface area contributed by atoms with Crippen LogP contribution in [0.1, 0.15) is 33.1 Å². The van der Waals surface area contributed by atoms with Gasteiger partial charge in [-0.3, -0.25) is 4.90 Å². The van der Waals surface area contributed by atoms with Gasteiger partial charge in [0, 0.05) is 23.1 Å². The molecule has 1 heterocycles. The van der Waals surface area contributed by atoms with Gasteiger partial charge in [0.1, 0.15) is 5.60 Å². The van der Waals surface area contributed by atoms with Gasteiger partial charge >= 0.3 is 5.97 Å². The average molecular weight is 534 g/mol. The number of esters is 1. The standard InChI is InChI=1S/C26H25Cl2NO5S/c1-34-25(30)21-4-2-3-18(13-21)14-35(32,33)17-26(31)15-29(16-26)24(19-5-9-22(27)10-6-19)20-7-11-23(28)12-8-20/h2-13,24,31H,14-17H2,1H3. The van der Waals surface area contributed by atoms with Crippen LogP contribution < -0.4 is 0 Å². The van der Waals surface area contributed by atoms with Crippen LogP contribution in [0.2, 0.25) is 10.0 Å². The Morgan fingerprint density at radius 1 is 1.00 bits per heavy atom. The van der Waals surface area contributed by atoms with Crippen LogP contribution in [0.4, 0.5) is 0 Å². The van der Waals surface area contributed by atoms with Gasteiger partial charge in [-0.1, -0.05) is 59.6 Å². The number of halogens is 2. The molecule has 0 saturated carbocycles. The number of carbonyl (C=O) groups excluding carboxylic acids is 1. The number of hydrogen-bond donors (Lipinski definition) is 1. The fourth-order valence-corrected chi connectivity index (χ4v) is 6.55. The minimum Gasteiger partial charge on any atom is -0.465 e. The van der Waals surface area contributed by atoms with Crippen molar-refractivity contribution in [3.05, 3.63) is 105 Å². The highest BCUT2D eigenvalue weighted by Crippen LogP contribution is 2.37. The van der Waals surface area contributed by atoms with Crippen LogP contribution in [0.3, 0.4) is 0 Å². The van der Waals surface area contributed by atoms with E-state index in [4.69, 9.17) is 27.9 Å². The third-order valence-corrected chi connectivity index (χ3v) is 8.21. The second-order valence-corrected chi connectivity index (χ2v) is 11.8. The second kappa shape index (κ2) is 10.3. The van der Waals surface area contributed by atoms with Crippen molar-refractivity contribution in [2.75, 3.05) is 26.0 Å². The molecule has 0 spiro atoms. The summed E-state index contributed by atoms with van der Waals surface area (Å²) in [6, 6.07) is 21.0. The largest absolute Gasteiger partial charge is 0.465 e. The Labute approximate surface area is 215 Å². The number of β-amino-alcohol motifs (C(OH)–C–C–N with tert-alkyl or cyclic N) is 1. The lowest BCUT2D eigenvalue weighted by molar-refractivity contribution is -0.0937. The minimum absolute atomic E-state index is 0.185. The van der Waals surface area contributed by atoms with Gasteiger partial charge in [-0.25, -0.2) is 13.2 Å². The smallest absolute Gasteiger partial charge is 0.337 e. The molecule has 9 heteroatoms. The number of carbonyl (C=O) groups is 1. The molecular formula is C26H25Cl2NO5S. The predicted octanol–water partition coefficient (Wildman–Crippen LogP) is 4.53. The number of likely N-dealkylation sites (tertiary alicyclic amines) is 1. The van der Waals surface area contributed by atoms with E-state index in [1.165, 1.54) is 13.2 Å². The second-order valence-electron chi connectivity index (χ2n) is 8.86. The SMILES string of the molecule is COC(=O)c1cccc(CS(=O)(=O)CC2(O)CN(C(c3ccc(Cl)cc3)c3ccc(Cl)cc3)C2)c1. The zero-order valence-electron chi connectivity index (χ0n) is 19.0. The van der Waals surface area contributed by atoms with Crippen LogP contribution in [0.25, 0.3) is 0 Å². The van der Waals surface area contributed by atoms with Crippen molar-refractivity contribution in [1.82, 2.24) is 4.90 Å². The summed E-state index contributed by atoms with van der Waals surface area (Å²) >= 11 is 12.1. The Kier molecular flexibility index (Phi) is 7.54. The maximum atomic E-state index is 12.9. The van der Waals surface area contributed by atoms with Crippen molar-refractivity contribution >= 4 is 39.0 Å². The first-order chi connectivity index (χ1) is 16.6. The summed E-state index contributed by atoms with van der Waals surface area (Å²) in [5.41, 5.74) is 1.31. The number of rotatable bonds is 8. The molecule has 1 aliphatic heterocycles. The van der Waals surface area contributed by atoms with Gasteiger partial charge in [0.15, 0.2) is 9.84 Å². The van der Waals surface area contributed by atoms with Crippen LogP contribution in [-0.2, 0) is 20.3 Å². The third-order valence-electron chi connectivity index (χ3n) is 5.95. The molecule has 0 unspecified atom stereocenters. The maximum Gasteiger partial charge on any atom is 0.337 e. The summed E-state index contributed by atoms with van der Waals surface area (Å²) in [6.07, 6.45) is 0. The number of ether oxygens (including phenoxy) is 1. The highest BCUT2D eigenvalue weighted by molar-refractivity contribution is 7.90. The van der Waals surface area contributed by atoms with Crippen molar-refractivity contribution < 1.29 is 23.1 Å². The first-order valence-electron chi connectivity index (χ1n) is 10.9. The Balaban J connectivity index is 1.49. The molecular weight excluding hydrogens is 509 g/mol. The molecule has 0 atom stereocenters. The van der Waals surface area contributed by atoms with Crippen LogP contribution in [0.15, 0.2) is 72.8 Å². The Bertz CT molecular complexity index is 1260. The van der Waals surface area contributed by atoms with Gasteiger partial charge in [-0.2, -0.15) is 0 Å². The lowest BCUT2D eigenvalue weighted by Gasteiger charge is -2.50. The van der Waals surface area contributed by atoms with Gasteiger partial charge in [-0.05, 0) is 53.1 Å². The van der Waals surface area contributed by atoms with E-state index >= 15 is 0 Å². The minimum atomic E-state index is -3.66. The molecule has 3 aromatic carbocycles. The van der Waals surface area contributed by atoms with Crippen molar-refractivity contribution in [2.24, 2.45) is 0 Å². The highest BCUT2D eigenvalue weighted by Gasteiger charge is 2.47. The number of sulfone groups is 1. The van der Waals surface area contributed by atoms with E-state index < -0.39 is 21.4 Å². The molecule has 1 saturated heterocycles. The van der Waals surface area contributed by atoms with Gasteiger partial charge in [0.2, 0.25) is 0 Å². The fourth-order valence-electron chi connectivity index (χ4n) is 4.51. The first kappa shape index (κ1) is 25.7. The number of methoxy groups -OCH3 is 1. The van der Waals surface area contributed by atoms with Crippen molar-refractivity contribution in [3.63, 3.8) is 0 Å². The highest BCUT2D eigenvalue weighted by atomic mass is 35.5. The van der Waals surface area contributed by atoms with Crippen LogP contribution in [0, 0.1) is 0 Å². The van der Waals surface area contributed by atoms with Crippen molar-refractivity contribution in [3.8, 4) is 0 Å². The average Bonchev–Trinajstić information content (AvgIpc) is 2.79. The van der Waals surface area contributed by atoms with E-state index in [1.54, 1.807) is 42.5 Å². The summed E-state index contributed by atoms with van der Waals surface area (Å²) in [7, 11) is -2.39. The van der Waals surface area contributed by atoms with E-state index in [1.807, 2.05) is 29.2 Å². The fraction of sp³-hybridized carbons (Fsp3) is 0.269. The normalized spacial score (nSPS) is 15.6. The zero-order valence-corrected chi connectivity index (χ0v) is 21.4. The molecule has 1 N–H and O–H groups in total. The summed E-state index contributed by atoms with van der Waals surface area (Å²) in [5, 5.41) is 12.3. The summed E-state index contributed by atoms with van der Waals surface area (Å²) in [5.74, 6) is -1.20. The molecule has 6 nitrogen and oxygen atoms in total. The monoisotopic (exact) mass is 533 g/mol. The van der Waals surface area contributed by atoms with E-state index in [-0.39, 0.29) is 36.2 Å². The third kappa shape index (κ3) is 6.23. The van der Waals surface area contributed by atoms with Gasteiger partial charge in [0.05, 0.1) is 30.2 Å². The molecule has 3 aromatic rings. The number of hydrogen-bond acceptors (Lipinski definition) is 6. The van der Waals surface area contributed by atoms with E-state index in [0.29, 0.717) is 15.6 Å². The Morgan fingerprint density at radius 2 is 1.54 bits per heavy atom. The van der Waals surface area contributed by atoms with Gasteiger partial charge < -0.3 is 9.84 Å². The van der Waals surface area contributed by atoms with E-state index in [0.717, 1.165) is 11.1 Å². The molecule has 184 valence electrons. The van der Waals surface area contributed by atoms with Crippen molar-refractivity contribution in [2.45, 2.75) is 17.4 Å². The van der Waals surface area contributed by atoms with Crippen LogP contribution >= 0.6 is 23.2 Å². The molecule has 4 rings (SSSR count). The Hall–Kier alpha value is -2.42. The molecule has 0 radical (unpaired) electrons. The van der Waals surface area contributed by atoms with E-state index in [9.17, 15) is 18.3 Å². The molecule has 1 aliphatic rings. The molecule has 35 heavy (non-hydrogen) atoms. The zero-order chi connectivity index (χ0) is 25.2. The molecule has 1 fully saturated rings.